The molecule has 1 aliphatic heterocycles. The maximum absolute atomic E-state index is 10.7. The highest BCUT2D eigenvalue weighted by atomic mass is 16.5. The number of morpholine rings is 1. The van der Waals surface area contributed by atoms with Gasteiger partial charge in [-0.05, 0) is 17.0 Å². The smallest absolute Gasteiger partial charge is 0.215 e. The van der Waals surface area contributed by atoms with Gasteiger partial charge in [0.05, 0.1) is 25.0 Å². The SMILES string of the molecule is CC(C)c1ccc(C(O)c2cn[nH]c2OCCN2CCOCC2)cc1. The van der Waals surface area contributed by atoms with Crippen LogP contribution in [0.5, 0.6) is 5.88 Å². The van der Waals surface area contributed by atoms with Crippen molar-refractivity contribution in [1.82, 2.24) is 15.1 Å². The van der Waals surface area contributed by atoms with Gasteiger partial charge in [0.1, 0.15) is 12.7 Å². The lowest BCUT2D eigenvalue weighted by molar-refractivity contribution is 0.0318. The van der Waals surface area contributed by atoms with E-state index in [9.17, 15) is 5.11 Å². The predicted octanol–water partition coefficient (Wildman–Crippen LogP) is 2.33. The Morgan fingerprint density at radius 3 is 2.56 bits per heavy atom. The Balaban J connectivity index is 1.59. The second-order valence-electron chi connectivity index (χ2n) is 6.68. The summed E-state index contributed by atoms with van der Waals surface area (Å²) in [7, 11) is 0. The summed E-state index contributed by atoms with van der Waals surface area (Å²) in [6.07, 6.45) is 0.879. The lowest BCUT2D eigenvalue weighted by Gasteiger charge is -2.26. The maximum Gasteiger partial charge on any atom is 0.215 e. The van der Waals surface area contributed by atoms with Gasteiger partial charge in [-0.15, -0.1) is 0 Å². The summed E-state index contributed by atoms with van der Waals surface area (Å²) in [6, 6.07) is 8.04. The van der Waals surface area contributed by atoms with Gasteiger partial charge in [0.25, 0.3) is 0 Å². The monoisotopic (exact) mass is 345 g/mol. The van der Waals surface area contributed by atoms with Gasteiger partial charge >= 0.3 is 0 Å². The lowest BCUT2D eigenvalue weighted by atomic mass is 9.98. The van der Waals surface area contributed by atoms with E-state index >= 15 is 0 Å². The zero-order valence-corrected chi connectivity index (χ0v) is 14.9. The molecule has 2 heterocycles. The molecule has 1 atom stereocenters. The topological polar surface area (TPSA) is 70.6 Å². The minimum absolute atomic E-state index is 0.471. The van der Waals surface area contributed by atoms with Crippen LogP contribution in [0.3, 0.4) is 0 Å². The number of aromatic nitrogens is 2. The van der Waals surface area contributed by atoms with Crippen molar-refractivity contribution in [1.29, 1.82) is 0 Å². The van der Waals surface area contributed by atoms with E-state index in [0.717, 1.165) is 38.4 Å². The molecule has 1 saturated heterocycles. The molecule has 0 saturated carbocycles. The molecule has 6 heteroatoms. The molecule has 25 heavy (non-hydrogen) atoms. The third kappa shape index (κ3) is 4.60. The van der Waals surface area contributed by atoms with Crippen LogP contribution in [0, 0.1) is 0 Å². The van der Waals surface area contributed by atoms with Crippen LogP contribution in [-0.2, 0) is 4.74 Å². The summed E-state index contributed by atoms with van der Waals surface area (Å²) in [5.41, 5.74) is 2.76. The summed E-state index contributed by atoms with van der Waals surface area (Å²) in [4.78, 5) is 2.31. The Bertz CT molecular complexity index is 648. The maximum atomic E-state index is 10.7. The largest absolute Gasteiger partial charge is 0.476 e. The minimum Gasteiger partial charge on any atom is -0.476 e. The van der Waals surface area contributed by atoms with Crippen molar-refractivity contribution < 1.29 is 14.6 Å². The van der Waals surface area contributed by atoms with Crippen LogP contribution in [0.1, 0.15) is 42.6 Å². The molecule has 3 rings (SSSR count). The van der Waals surface area contributed by atoms with Gasteiger partial charge in [0.15, 0.2) is 0 Å². The number of nitrogens with one attached hydrogen (secondary N) is 1. The second kappa shape index (κ2) is 8.47. The average Bonchev–Trinajstić information content (AvgIpc) is 3.10. The molecule has 1 fully saturated rings. The Labute approximate surface area is 148 Å². The van der Waals surface area contributed by atoms with Crippen molar-refractivity contribution in [2.45, 2.75) is 25.9 Å². The molecule has 0 radical (unpaired) electrons. The highest BCUT2D eigenvalue weighted by Crippen LogP contribution is 2.29. The third-order valence-corrected chi connectivity index (χ3v) is 4.60. The van der Waals surface area contributed by atoms with E-state index in [0.29, 0.717) is 24.0 Å². The quantitative estimate of drug-likeness (QED) is 0.806. The first-order chi connectivity index (χ1) is 12.1. The van der Waals surface area contributed by atoms with Gasteiger partial charge in [-0.3, -0.25) is 4.90 Å². The van der Waals surface area contributed by atoms with Gasteiger partial charge in [-0.1, -0.05) is 38.1 Å². The summed E-state index contributed by atoms with van der Waals surface area (Å²) in [6.45, 7) is 9.12. The molecule has 0 spiro atoms. The number of aliphatic hydroxyl groups excluding tert-OH is 1. The molecule has 0 aliphatic carbocycles. The molecule has 1 aromatic carbocycles. The Morgan fingerprint density at radius 2 is 1.88 bits per heavy atom. The first kappa shape index (κ1) is 17.9. The number of H-pyrrole nitrogens is 1. The van der Waals surface area contributed by atoms with E-state index in [4.69, 9.17) is 9.47 Å². The van der Waals surface area contributed by atoms with E-state index in [1.807, 2.05) is 12.1 Å². The molecule has 2 aromatic rings. The Hall–Kier alpha value is -1.89. The normalized spacial score (nSPS) is 17.0. The molecule has 1 unspecified atom stereocenters. The van der Waals surface area contributed by atoms with Crippen LogP contribution in [0.2, 0.25) is 0 Å². The van der Waals surface area contributed by atoms with Crippen molar-refractivity contribution in [3.8, 4) is 5.88 Å². The number of hydrogen-bond acceptors (Lipinski definition) is 5. The zero-order chi connectivity index (χ0) is 17.6. The number of aromatic amines is 1. The van der Waals surface area contributed by atoms with Crippen LogP contribution in [0.4, 0.5) is 0 Å². The van der Waals surface area contributed by atoms with Gasteiger partial charge in [-0.25, -0.2) is 5.10 Å². The van der Waals surface area contributed by atoms with Gasteiger partial charge in [0, 0.05) is 19.6 Å². The molecule has 1 aliphatic rings. The fourth-order valence-electron chi connectivity index (χ4n) is 2.94. The van der Waals surface area contributed by atoms with Crippen LogP contribution in [0.15, 0.2) is 30.5 Å². The van der Waals surface area contributed by atoms with Crippen molar-refractivity contribution in [3.05, 3.63) is 47.2 Å². The van der Waals surface area contributed by atoms with Gasteiger partial charge in [0.2, 0.25) is 5.88 Å². The summed E-state index contributed by atoms with van der Waals surface area (Å²) >= 11 is 0. The van der Waals surface area contributed by atoms with E-state index in [-0.39, 0.29) is 0 Å². The number of hydrogen-bond donors (Lipinski definition) is 2. The van der Waals surface area contributed by atoms with E-state index in [1.165, 1.54) is 5.56 Å². The minimum atomic E-state index is -0.752. The van der Waals surface area contributed by atoms with Crippen LogP contribution in [-0.4, -0.2) is 59.7 Å². The summed E-state index contributed by atoms with van der Waals surface area (Å²) in [5, 5.41) is 17.6. The van der Waals surface area contributed by atoms with Crippen molar-refractivity contribution in [3.63, 3.8) is 0 Å². The molecule has 0 bridgehead atoms. The fourth-order valence-corrected chi connectivity index (χ4v) is 2.94. The standard InChI is InChI=1S/C19H27N3O3/c1-14(2)15-3-5-16(6-4-15)18(23)17-13-20-21-19(17)25-12-9-22-7-10-24-11-8-22/h3-6,13-14,18,23H,7-12H2,1-2H3,(H,20,21). The van der Waals surface area contributed by atoms with Crippen LogP contribution in [0.25, 0.3) is 0 Å². The number of benzene rings is 1. The molecular weight excluding hydrogens is 318 g/mol. The first-order valence-electron chi connectivity index (χ1n) is 8.89. The van der Waals surface area contributed by atoms with Crippen molar-refractivity contribution >= 4 is 0 Å². The number of rotatable bonds is 7. The highest BCUT2D eigenvalue weighted by Gasteiger charge is 2.18. The third-order valence-electron chi connectivity index (χ3n) is 4.60. The molecule has 2 N–H and O–H groups in total. The van der Waals surface area contributed by atoms with E-state index < -0.39 is 6.10 Å². The molecule has 1 aromatic heterocycles. The first-order valence-corrected chi connectivity index (χ1v) is 8.89. The fraction of sp³-hybridized carbons (Fsp3) is 0.526. The number of ether oxygens (including phenoxy) is 2. The van der Waals surface area contributed by atoms with Crippen LogP contribution >= 0.6 is 0 Å². The molecular formula is C19H27N3O3. The van der Waals surface area contributed by atoms with Gasteiger partial charge in [-0.2, -0.15) is 5.10 Å². The second-order valence-corrected chi connectivity index (χ2v) is 6.68. The number of nitrogens with zero attached hydrogens (tertiary/aromatic N) is 2. The predicted molar refractivity (Wildman–Crippen MR) is 95.9 cm³/mol. The Kier molecular flexibility index (Phi) is 6.07. The Morgan fingerprint density at radius 1 is 1.20 bits per heavy atom. The molecule has 136 valence electrons. The lowest BCUT2D eigenvalue weighted by Crippen LogP contribution is -2.38. The highest BCUT2D eigenvalue weighted by molar-refractivity contribution is 5.36. The molecule has 0 amide bonds. The summed E-state index contributed by atoms with van der Waals surface area (Å²) < 4.78 is 11.2. The zero-order valence-electron chi connectivity index (χ0n) is 14.9. The average molecular weight is 345 g/mol. The van der Waals surface area contributed by atoms with Crippen molar-refractivity contribution in [2.75, 3.05) is 39.5 Å². The van der Waals surface area contributed by atoms with Gasteiger partial charge < -0.3 is 14.6 Å². The molecule has 6 nitrogen and oxygen atoms in total. The van der Waals surface area contributed by atoms with Crippen molar-refractivity contribution in [2.24, 2.45) is 0 Å². The summed E-state index contributed by atoms with van der Waals surface area (Å²) in [5.74, 6) is 1.01. The van der Waals surface area contributed by atoms with Crippen LogP contribution < -0.4 is 4.74 Å². The number of aliphatic hydroxyl groups is 1. The van der Waals surface area contributed by atoms with E-state index in [2.05, 4.69) is 41.1 Å². The van der Waals surface area contributed by atoms with E-state index in [1.54, 1.807) is 6.20 Å².